The van der Waals surface area contributed by atoms with Crippen molar-refractivity contribution in [1.29, 1.82) is 0 Å². The van der Waals surface area contributed by atoms with E-state index in [1.807, 2.05) is 18.2 Å². The molecule has 3 aromatic rings. The van der Waals surface area contributed by atoms with E-state index < -0.39 is 17.2 Å². The number of carbonyl (C=O) groups excluding carboxylic acids is 1. The van der Waals surface area contributed by atoms with Crippen molar-refractivity contribution in [2.45, 2.75) is 26.5 Å². The van der Waals surface area contributed by atoms with Crippen molar-refractivity contribution >= 4 is 23.2 Å². The van der Waals surface area contributed by atoms with Crippen LogP contribution in [0.1, 0.15) is 22.4 Å². The summed E-state index contributed by atoms with van der Waals surface area (Å²) < 4.78 is 39.0. The molecule has 178 valence electrons. The summed E-state index contributed by atoms with van der Waals surface area (Å²) in [5, 5.41) is -0.120. The molecular weight excluding hydrogens is 466 g/mol. The maximum Gasteiger partial charge on any atom is 0.273 e. The number of benzene rings is 2. The van der Waals surface area contributed by atoms with Crippen LogP contribution in [0.5, 0.6) is 5.75 Å². The number of pyridine rings is 1. The molecular formula is C25H23ClF2N2O4. The van der Waals surface area contributed by atoms with Gasteiger partial charge in [0.15, 0.2) is 0 Å². The molecule has 1 aliphatic heterocycles. The van der Waals surface area contributed by atoms with Crippen LogP contribution >= 0.6 is 11.6 Å². The number of aromatic nitrogens is 1. The first-order valence-corrected chi connectivity index (χ1v) is 11.0. The molecule has 1 amide bonds. The Morgan fingerprint density at radius 1 is 1.15 bits per heavy atom. The molecule has 0 bridgehead atoms. The average molecular weight is 489 g/mol. The number of hydrogen-bond donors (Lipinski definition) is 0. The lowest BCUT2D eigenvalue weighted by Crippen LogP contribution is -2.31. The van der Waals surface area contributed by atoms with Crippen LogP contribution in [0.2, 0.25) is 5.02 Å². The van der Waals surface area contributed by atoms with Gasteiger partial charge in [-0.2, -0.15) is 0 Å². The van der Waals surface area contributed by atoms with E-state index in [1.165, 1.54) is 17.7 Å². The Bertz CT molecular complexity index is 1310. The number of anilines is 1. The minimum absolute atomic E-state index is 0.0243. The molecule has 4 rings (SSSR count). The number of amides is 1. The quantitative estimate of drug-likeness (QED) is 0.499. The molecule has 1 aromatic heterocycles. The van der Waals surface area contributed by atoms with E-state index in [-0.39, 0.29) is 42.0 Å². The monoisotopic (exact) mass is 488 g/mol. The summed E-state index contributed by atoms with van der Waals surface area (Å²) in [6.45, 7) is 2.46. The highest BCUT2D eigenvalue weighted by Gasteiger charge is 2.24. The second-order valence-corrected chi connectivity index (χ2v) is 8.45. The molecule has 6 nitrogen and oxygen atoms in total. The first-order valence-electron chi connectivity index (χ1n) is 10.7. The van der Waals surface area contributed by atoms with Crippen molar-refractivity contribution in [2.24, 2.45) is 0 Å². The van der Waals surface area contributed by atoms with Crippen LogP contribution in [0.3, 0.4) is 0 Å². The van der Waals surface area contributed by atoms with Gasteiger partial charge in [-0.15, -0.1) is 0 Å². The van der Waals surface area contributed by atoms with Crippen LogP contribution in [-0.4, -0.2) is 30.7 Å². The van der Waals surface area contributed by atoms with Crippen molar-refractivity contribution in [3.05, 3.63) is 91.9 Å². The van der Waals surface area contributed by atoms with E-state index in [0.717, 1.165) is 35.4 Å². The summed E-state index contributed by atoms with van der Waals surface area (Å²) >= 11 is 6.28. The predicted octanol–water partition coefficient (Wildman–Crippen LogP) is 4.25. The van der Waals surface area contributed by atoms with Gasteiger partial charge in [-0.05, 0) is 42.7 Å². The van der Waals surface area contributed by atoms with Gasteiger partial charge in [-0.1, -0.05) is 23.7 Å². The number of methoxy groups -OCH3 is 1. The van der Waals surface area contributed by atoms with Crippen LogP contribution in [0.25, 0.3) is 0 Å². The number of halogens is 3. The fourth-order valence-corrected chi connectivity index (χ4v) is 4.22. The fraction of sp³-hybridized carbons (Fsp3) is 0.280. The average Bonchev–Trinajstić information content (AvgIpc) is 3.23. The van der Waals surface area contributed by atoms with E-state index >= 15 is 0 Å². The Morgan fingerprint density at radius 2 is 1.94 bits per heavy atom. The maximum atomic E-state index is 13.9. The minimum Gasteiger partial charge on any atom is -0.487 e. The molecule has 0 spiro atoms. The maximum absolute atomic E-state index is 13.9. The number of ether oxygens (including phenoxy) is 2. The Hall–Kier alpha value is -3.23. The smallest absolute Gasteiger partial charge is 0.273 e. The van der Waals surface area contributed by atoms with E-state index in [1.54, 1.807) is 17.9 Å². The molecule has 0 aliphatic carbocycles. The Morgan fingerprint density at radius 3 is 2.68 bits per heavy atom. The molecule has 0 saturated carbocycles. The van der Waals surface area contributed by atoms with Gasteiger partial charge in [0.1, 0.15) is 35.6 Å². The van der Waals surface area contributed by atoms with Gasteiger partial charge in [0.2, 0.25) is 0 Å². The highest BCUT2D eigenvalue weighted by Crippen LogP contribution is 2.30. The highest BCUT2D eigenvalue weighted by molar-refractivity contribution is 6.31. The number of rotatable bonds is 7. The molecule has 2 heterocycles. The molecule has 0 radical (unpaired) electrons. The molecule has 0 saturated heterocycles. The molecule has 9 heteroatoms. The summed E-state index contributed by atoms with van der Waals surface area (Å²) in [5.74, 6) is -1.38. The van der Waals surface area contributed by atoms with Gasteiger partial charge in [0.05, 0.1) is 6.54 Å². The van der Waals surface area contributed by atoms with Crippen molar-refractivity contribution in [1.82, 2.24) is 4.57 Å². The molecule has 0 unspecified atom stereocenters. The minimum atomic E-state index is -0.736. The molecule has 34 heavy (non-hydrogen) atoms. The van der Waals surface area contributed by atoms with Crippen molar-refractivity contribution in [3.63, 3.8) is 0 Å². The summed E-state index contributed by atoms with van der Waals surface area (Å²) in [4.78, 5) is 26.9. The fourth-order valence-electron chi connectivity index (χ4n) is 4.01. The van der Waals surface area contributed by atoms with E-state index in [2.05, 4.69) is 0 Å². The van der Waals surface area contributed by atoms with Crippen molar-refractivity contribution in [3.8, 4) is 5.75 Å². The standard InChI is InChI=1S/C25H23ClF2N2O4/c1-15-9-22(34-13-18-4-5-19(27)11-20(18)28)24(26)25(32)30(15)12-16-3-6-21-17(10-16)7-8-29(21)23(31)14-33-2/h3-6,9-11H,7-8,12-14H2,1-2H3. The third kappa shape index (κ3) is 4.83. The number of nitrogens with zero attached hydrogens (tertiary/aromatic N) is 2. The van der Waals surface area contributed by atoms with Gasteiger partial charge in [-0.25, -0.2) is 8.78 Å². The Kier molecular flexibility index (Phi) is 7.00. The lowest BCUT2D eigenvalue weighted by atomic mass is 10.1. The zero-order valence-electron chi connectivity index (χ0n) is 18.7. The zero-order chi connectivity index (χ0) is 24.4. The summed E-state index contributed by atoms with van der Waals surface area (Å²) in [7, 11) is 1.49. The Labute approximate surface area is 200 Å². The lowest BCUT2D eigenvalue weighted by Gasteiger charge is -2.18. The van der Waals surface area contributed by atoms with Crippen LogP contribution in [-0.2, 0) is 29.1 Å². The van der Waals surface area contributed by atoms with Gasteiger partial charge in [0, 0.05) is 42.7 Å². The second-order valence-electron chi connectivity index (χ2n) is 8.07. The predicted molar refractivity (Wildman–Crippen MR) is 125 cm³/mol. The lowest BCUT2D eigenvalue weighted by molar-refractivity contribution is -0.122. The molecule has 0 N–H and O–H groups in total. The SMILES string of the molecule is COCC(=O)N1CCc2cc(Cn3c(C)cc(OCc4ccc(F)cc4F)c(Cl)c3=O)ccc21. The zero-order valence-corrected chi connectivity index (χ0v) is 19.5. The van der Waals surface area contributed by atoms with E-state index in [9.17, 15) is 18.4 Å². The van der Waals surface area contributed by atoms with Crippen molar-refractivity contribution in [2.75, 3.05) is 25.2 Å². The third-order valence-electron chi connectivity index (χ3n) is 5.76. The largest absolute Gasteiger partial charge is 0.487 e. The van der Waals surface area contributed by atoms with Crippen LogP contribution in [0.15, 0.2) is 47.3 Å². The summed E-state index contributed by atoms with van der Waals surface area (Å²) in [6, 6.07) is 10.5. The normalized spacial score (nSPS) is 12.7. The summed E-state index contributed by atoms with van der Waals surface area (Å²) in [6.07, 6.45) is 0.722. The first kappa shape index (κ1) is 23.9. The number of aryl methyl sites for hydroxylation is 1. The van der Waals surface area contributed by atoms with Gasteiger partial charge < -0.3 is 18.9 Å². The first-order chi connectivity index (χ1) is 16.3. The molecule has 0 fully saturated rings. The Balaban J connectivity index is 1.53. The third-order valence-corrected chi connectivity index (χ3v) is 6.11. The van der Waals surface area contributed by atoms with E-state index in [4.69, 9.17) is 21.1 Å². The van der Waals surface area contributed by atoms with Crippen LogP contribution < -0.4 is 15.2 Å². The topological polar surface area (TPSA) is 60.8 Å². The van der Waals surface area contributed by atoms with Crippen LogP contribution in [0.4, 0.5) is 14.5 Å². The van der Waals surface area contributed by atoms with Crippen LogP contribution in [0, 0.1) is 18.6 Å². The number of carbonyl (C=O) groups is 1. The summed E-state index contributed by atoms with van der Waals surface area (Å²) in [5.41, 5.74) is 3.10. The van der Waals surface area contributed by atoms with Crippen molar-refractivity contribution < 1.29 is 23.0 Å². The van der Waals surface area contributed by atoms with Gasteiger partial charge in [-0.3, -0.25) is 9.59 Å². The molecule has 2 aromatic carbocycles. The van der Waals surface area contributed by atoms with E-state index in [0.29, 0.717) is 12.2 Å². The highest BCUT2D eigenvalue weighted by atomic mass is 35.5. The second kappa shape index (κ2) is 9.95. The molecule has 1 aliphatic rings. The van der Waals surface area contributed by atoms with Gasteiger partial charge >= 0.3 is 0 Å². The van der Waals surface area contributed by atoms with Gasteiger partial charge in [0.25, 0.3) is 11.5 Å². The number of hydrogen-bond acceptors (Lipinski definition) is 4. The molecule has 0 atom stereocenters. The number of fused-ring (bicyclic) bond motifs is 1.